The van der Waals surface area contributed by atoms with Crippen LogP contribution >= 0.6 is 0 Å². The topological polar surface area (TPSA) is 51.6 Å². The molecule has 0 radical (unpaired) electrons. The summed E-state index contributed by atoms with van der Waals surface area (Å²) in [7, 11) is 0. The molecule has 1 aliphatic rings. The summed E-state index contributed by atoms with van der Waals surface area (Å²) in [6.45, 7) is 13.5. The van der Waals surface area contributed by atoms with Gasteiger partial charge >= 0.3 is 0 Å². The van der Waals surface area contributed by atoms with Gasteiger partial charge < -0.3 is 0 Å². The number of fused-ring (bicyclic) bond motifs is 2. The third-order valence-corrected chi connectivity index (χ3v) is 9.15. The maximum Gasteiger partial charge on any atom is 0.105 e. The van der Waals surface area contributed by atoms with Crippen LogP contribution in [0.15, 0.2) is 122 Å². The Hall–Kier alpha value is -4.96. The number of pyridine rings is 4. The lowest BCUT2D eigenvalue weighted by Crippen LogP contribution is -2.37. The molecule has 6 aromatic rings. The lowest BCUT2D eigenvalue weighted by Gasteiger charge is -2.40. The molecule has 0 saturated carbocycles. The minimum atomic E-state index is -0.726. The molecule has 0 amide bonds. The molecular formula is C44H44N4. The van der Waals surface area contributed by atoms with Gasteiger partial charge in [-0.3, -0.25) is 19.9 Å². The summed E-state index contributed by atoms with van der Waals surface area (Å²) < 4.78 is 0. The summed E-state index contributed by atoms with van der Waals surface area (Å²) in [5.41, 5.74) is 12.5. The van der Waals surface area contributed by atoms with Gasteiger partial charge in [0.15, 0.2) is 0 Å². The average molecular weight is 629 g/mol. The zero-order chi connectivity index (χ0) is 33.5. The van der Waals surface area contributed by atoms with E-state index in [2.05, 4.69) is 151 Å². The van der Waals surface area contributed by atoms with Gasteiger partial charge in [-0.05, 0) is 101 Å². The molecule has 0 aliphatic heterocycles. The predicted octanol–water partition coefficient (Wildman–Crippen LogP) is 10.1. The Morgan fingerprint density at radius 1 is 0.500 bits per heavy atom. The Kier molecular flexibility index (Phi) is 8.07. The highest BCUT2D eigenvalue weighted by molar-refractivity contribution is 5.68. The van der Waals surface area contributed by atoms with Gasteiger partial charge in [-0.1, -0.05) is 102 Å². The first-order valence-electron chi connectivity index (χ1n) is 17.0. The minimum Gasteiger partial charge on any atom is -0.261 e. The molecule has 0 bridgehead atoms. The van der Waals surface area contributed by atoms with Crippen LogP contribution in [0, 0.1) is 10.8 Å². The van der Waals surface area contributed by atoms with Crippen molar-refractivity contribution in [3.8, 4) is 22.5 Å². The van der Waals surface area contributed by atoms with Crippen molar-refractivity contribution >= 4 is 0 Å². The number of rotatable bonds is 6. The molecule has 48 heavy (non-hydrogen) atoms. The fourth-order valence-corrected chi connectivity index (χ4v) is 7.17. The van der Waals surface area contributed by atoms with Crippen molar-refractivity contribution in [2.45, 2.75) is 66.2 Å². The molecule has 7 rings (SSSR count). The summed E-state index contributed by atoms with van der Waals surface area (Å²) in [4.78, 5) is 20.6. The highest BCUT2D eigenvalue weighted by Gasteiger charge is 2.46. The predicted molar refractivity (Wildman–Crippen MR) is 196 cm³/mol. The second kappa shape index (κ2) is 12.2. The lowest BCUT2D eigenvalue weighted by molar-refractivity contribution is 0.406. The van der Waals surface area contributed by atoms with Crippen LogP contribution in [0.1, 0.15) is 86.6 Å². The molecule has 0 saturated heterocycles. The van der Waals surface area contributed by atoms with E-state index in [1.165, 1.54) is 22.3 Å². The number of aromatic nitrogens is 4. The number of hydrogen-bond donors (Lipinski definition) is 0. The van der Waals surface area contributed by atoms with E-state index in [1.54, 1.807) is 0 Å². The Morgan fingerprint density at radius 2 is 0.938 bits per heavy atom. The van der Waals surface area contributed by atoms with Gasteiger partial charge in [0.25, 0.3) is 0 Å². The van der Waals surface area contributed by atoms with E-state index >= 15 is 0 Å². The van der Waals surface area contributed by atoms with Crippen LogP contribution in [-0.2, 0) is 24.7 Å². The third kappa shape index (κ3) is 6.20. The molecule has 240 valence electrons. The number of benzene rings is 2. The summed E-state index contributed by atoms with van der Waals surface area (Å²) in [5, 5.41) is 0. The molecule has 0 N–H and O–H groups in total. The normalized spacial score (nSPS) is 13.9. The summed E-state index contributed by atoms with van der Waals surface area (Å²) in [6.07, 6.45) is 6.66. The van der Waals surface area contributed by atoms with Crippen molar-refractivity contribution in [3.63, 3.8) is 0 Å². The van der Waals surface area contributed by atoms with Crippen molar-refractivity contribution in [2.24, 2.45) is 10.8 Å². The van der Waals surface area contributed by atoms with E-state index in [4.69, 9.17) is 19.9 Å². The van der Waals surface area contributed by atoms with Gasteiger partial charge in [-0.15, -0.1) is 0 Å². The van der Waals surface area contributed by atoms with Gasteiger partial charge in [-0.2, -0.15) is 0 Å². The van der Waals surface area contributed by atoms with E-state index in [9.17, 15) is 0 Å². The van der Waals surface area contributed by atoms with Crippen molar-refractivity contribution in [3.05, 3.63) is 167 Å². The van der Waals surface area contributed by atoms with Crippen molar-refractivity contribution in [1.29, 1.82) is 0 Å². The van der Waals surface area contributed by atoms with Crippen molar-refractivity contribution in [2.75, 3.05) is 0 Å². The van der Waals surface area contributed by atoms with Crippen LogP contribution in [0.5, 0.6) is 0 Å². The summed E-state index contributed by atoms with van der Waals surface area (Å²) in [6, 6.07) is 39.0. The highest BCUT2D eigenvalue weighted by Crippen LogP contribution is 2.50. The second-order valence-electron chi connectivity index (χ2n) is 15.6. The van der Waals surface area contributed by atoms with Crippen LogP contribution in [-0.4, -0.2) is 19.9 Å². The molecule has 2 aromatic carbocycles. The largest absolute Gasteiger partial charge is 0.261 e. The first-order chi connectivity index (χ1) is 23.0. The molecule has 1 aliphatic carbocycles. The Bertz CT molecular complexity index is 1910. The monoisotopic (exact) mass is 628 g/mol. The quantitative estimate of drug-likeness (QED) is 0.184. The van der Waals surface area contributed by atoms with Gasteiger partial charge in [-0.25, -0.2) is 0 Å². The Morgan fingerprint density at radius 3 is 1.33 bits per heavy atom. The van der Waals surface area contributed by atoms with Crippen molar-refractivity contribution < 1.29 is 0 Å². The van der Waals surface area contributed by atoms with Gasteiger partial charge in [0.05, 0.1) is 22.8 Å². The molecule has 0 atom stereocenters. The first kappa shape index (κ1) is 31.6. The Balaban J connectivity index is 1.41. The number of hydrogen-bond acceptors (Lipinski definition) is 4. The standard InChI is InChI=1S/C44H44N4/c1-42(2,3)26-34-23-21-32(28-45-34)38-17-11-19-40(47-38)44(36-15-9-7-13-30(36)25-31-14-8-10-16-37(31)44)41-20-12-18-39(48-41)33-22-24-35(46-29-33)27-43(4,5)6/h7-24,28-29H,25-27H2,1-6H3. The van der Waals surface area contributed by atoms with E-state index in [0.29, 0.717) is 0 Å². The second-order valence-corrected chi connectivity index (χ2v) is 15.6. The van der Waals surface area contributed by atoms with Crippen molar-refractivity contribution in [1.82, 2.24) is 19.9 Å². The van der Waals surface area contributed by atoms with E-state index < -0.39 is 5.41 Å². The van der Waals surface area contributed by atoms with Gasteiger partial charge in [0, 0.05) is 34.9 Å². The number of nitrogens with zero attached hydrogens (tertiary/aromatic N) is 4. The molecule has 4 heterocycles. The maximum atomic E-state index is 5.47. The lowest BCUT2D eigenvalue weighted by atomic mass is 9.62. The van der Waals surface area contributed by atoms with Crippen LogP contribution in [0.4, 0.5) is 0 Å². The van der Waals surface area contributed by atoms with Gasteiger partial charge in [0.1, 0.15) is 5.41 Å². The minimum absolute atomic E-state index is 0.174. The molecular weight excluding hydrogens is 585 g/mol. The van der Waals surface area contributed by atoms with E-state index in [1.807, 2.05) is 12.4 Å². The molecule has 4 aromatic heterocycles. The maximum absolute atomic E-state index is 5.47. The highest BCUT2D eigenvalue weighted by atomic mass is 14.8. The molecule has 0 spiro atoms. The smallest absolute Gasteiger partial charge is 0.105 e. The summed E-state index contributed by atoms with van der Waals surface area (Å²) in [5.74, 6) is 0. The fourth-order valence-electron chi connectivity index (χ4n) is 7.17. The SMILES string of the molecule is CC(C)(C)Cc1ccc(-c2cccc(C3(c4cccc(-c5ccc(CC(C)(C)C)nc5)n4)c4ccccc4Cc4ccccc43)n2)cn1. The van der Waals surface area contributed by atoms with Crippen LogP contribution in [0.25, 0.3) is 22.5 Å². The molecule has 4 heteroatoms. The first-order valence-corrected chi connectivity index (χ1v) is 17.0. The van der Waals surface area contributed by atoms with E-state index in [0.717, 1.165) is 64.6 Å². The van der Waals surface area contributed by atoms with Gasteiger partial charge in [0.2, 0.25) is 0 Å². The average Bonchev–Trinajstić information content (AvgIpc) is 3.06. The summed E-state index contributed by atoms with van der Waals surface area (Å²) >= 11 is 0. The van der Waals surface area contributed by atoms with Crippen LogP contribution in [0.3, 0.4) is 0 Å². The molecule has 0 fully saturated rings. The third-order valence-electron chi connectivity index (χ3n) is 9.15. The molecule has 4 nitrogen and oxygen atoms in total. The van der Waals surface area contributed by atoms with E-state index in [-0.39, 0.29) is 10.8 Å². The zero-order valence-corrected chi connectivity index (χ0v) is 29.0. The molecule has 0 unspecified atom stereocenters. The van der Waals surface area contributed by atoms with Crippen LogP contribution in [0.2, 0.25) is 0 Å². The fraction of sp³-hybridized carbons (Fsp3) is 0.273. The Labute approximate surface area is 285 Å². The van der Waals surface area contributed by atoms with Crippen LogP contribution < -0.4 is 0 Å². The zero-order valence-electron chi connectivity index (χ0n) is 29.0.